The number of aliphatic imine (C=N–C) groups is 1. The molecule has 6 nitrogen and oxygen atoms in total. The fourth-order valence-corrected chi connectivity index (χ4v) is 4.80. The average molecular weight is 441 g/mol. The van der Waals surface area contributed by atoms with Crippen molar-refractivity contribution in [2.75, 3.05) is 13.2 Å². The lowest BCUT2D eigenvalue weighted by Crippen LogP contribution is -2.27. The molecule has 3 aliphatic rings. The van der Waals surface area contributed by atoms with Crippen molar-refractivity contribution in [3.63, 3.8) is 0 Å². The Labute approximate surface area is 188 Å². The van der Waals surface area contributed by atoms with Gasteiger partial charge in [-0.1, -0.05) is 23.7 Å². The predicted octanol–water partition coefficient (Wildman–Crippen LogP) is 5.09. The van der Waals surface area contributed by atoms with Gasteiger partial charge in [-0.05, 0) is 57.1 Å². The van der Waals surface area contributed by atoms with Crippen molar-refractivity contribution in [1.29, 1.82) is 0 Å². The van der Waals surface area contributed by atoms with Gasteiger partial charge in [0, 0.05) is 37.4 Å². The molecule has 1 aliphatic carbocycles. The minimum absolute atomic E-state index is 0.0504. The van der Waals surface area contributed by atoms with E-state index >= 15 is 0 Å². The number of nitrogens with zero attached hydrogens (tertiary/aromatic N) is 4. The molecule has 164 valence electrons. The van der Waals surface area contributed by atoms with Crippen molar-refractivity contribution in [2.24, 2.45) is 10.9 Å². The molecule has 0 amide bonds. The van der Waals surface area contributed by atoms with E-state index in [9.17, 15) is 0 Å². The summed E-state index contributed by atoms with van der Waals surface area (Å²) in [6.45, 7) is 5.95. The van der Waals surface area contributed by atoms with Crippen molar-refractivity contribution in [2.45, 2.75) is 63.5 Å². The predicted molar refractivity (Wildman–Crippen MR) is 120 cm³/mol. The number of pyridine rings is 1. The molecule has 4 heterocycles. The molecule has 0 spiro atoms. The lowest BCUT2D eigenvalue weighted by Gasteiger charge is -2.31. The Morgan fingerprint density at radius 1 is 1.13 bits per heavy atom. The fourth-order valence-electron chi connectivity index (χ4n) is 4.69. The Hall–Kier alpha value is -2.18. The molecule has 0 bridgehead atoms. The summed E-state index contributed by atoms with van der Waals surface area (Å²) in [7, 11) is 0. The number of rotatable bonds is 5. The molecule has 2 aromatic rings. The summed E-state index contributed by atoms with van der Waals surface area (Å²) < 4.78 is 13.8. The van der Waals surface area contributed by atoms with E-state index in [1.807, 2.05) is 23.1 Å². The van der Waals surface area contributed by atoms with Crippen LogP contribution in [0.15, 0.2) is 47.5 Å². The fraction of sp³-hybridized carbons (Fsp3) is 0.542. The van der Waals surface area contributed by atoms with Crippen LogP contribution in [0.5, 0.6) is 0 Å². The van der Waals surface area contributed by atoms with Crippen LogP contribution in [0.25, 0.3) is 0 Å². The third-order valence-electron chi connectivity index (χ3n) is 6.84. The van der Waals surface area contributed by atoms with Crippen LogP contribution in [0.1, 0.15) is 63.1 Å². The highest BCUT2D eigenvalue weighted by Gasteiger charge is 2.46. The maximum atomic E-state index is 6.26. The Kier molecular flexibility index (Phi) is 5.61. The van der Waals surface area contributed by atoms with E-state index < -0.39 is 0 Å². The average Bonchev–Trinajstić information content (AvgIpc) is 3.57. The van der Waals surface area contributed by atoms with Gasteiger partial charge < -0.3 is 9.47 Å². The summed E-state index contributed by atoms with van der Waals surface area (Å²) in [5.74, 6) is 1.20. The normalized spacial score (nSPS) is 24.5. The highest BCUT2D eigenvalue weighted by Crippen LogP contribution is 2.52. The Morgan fingerprint density at radius 2 is 1.94 bits per heavy atom. The number of ether oxygens (including phenoxy) is 2. The van der Waals surface area contributed by atoms with Crippen LogP contribution in [0.2, 0.25) is 5.15 Å². The number of hydrogen-bond acceptors (Lipinski definition) is 5. The van der Waals surface area contributed by atoms with Crippen molar-refractivity contribution in [3.05, 3.63) is 58.8 Å². The van der Waals surface area contributed by atoms with Crippen molar-refractivity contribution < 1.29 is 9.47 Å². The van der Waals surface area contributed by atoms with Gasteiger partial charge in [0.25, 0.3) is 0 Å². The van der Waals surface area contributed by atoms with E-state index in [2.05, 4.69) is 42.3 Å². The zero-order chi connectivity index (χ0) is 21.4. The highest BCUT2D eigenvalue weighted by atomic mass is 35.5. The van der Waals surface area contributed by atoms with Crippen LogP contribution in [0.4, 0.5) is 0 Å². The van der Waals surface area contributed by atoms with Crippen LogP contribution in [0, 0.1) is 5.92 Å². The van der Waals surface area contributed by atoms with Crippen molar-refractivity contribution >= 4 is 17.5 Å². The summed E-state index contributed by atoms with van der Waals surface area (Å²) >= 11 is 6.07. The van der Waals surface area contributed by atoms with E-state index in [0.29, 0.717) is 23.0 Å². The maximum Gasteiger partial charge on any atom is 0.224 e. The van der Waals surface area contributed by atoms with E-state index in [1.54, 1.807) is 0 Å². The standard InChI is InChI=1S/C24H29ClN4O2/c1-16-3-7-21(24(2,18-4-5-18)19-6-8-22(25)26-14-19)28-23(31-16)17-13-27-29(15-17)20-9-11-30-12-10-20/h6-8,13-16,18,20H,3-5,9-12H2,1-2H3. The van der Waals surface area contributed by atoms with Crippen molar-refractivity contribution in [1.82, 2.24) is 14.8 Å². The molecule has 5 rings (SSSR count). The first-order chi connectivity index (χ1) is 15.0. The smallest absolute Gasteiger partial charge is 0.224 e. The number of hydrogen-bond donors (Lipinski definition) is 0. The van der Waals surface area contributed by atoms with Crippen molar-refractivity contribution in [3.8, 4) is 0 Å². The molecule has 2 unspecified atom stereocenters. The Morgan fingerprint density at radius 3 is 2.65 bits per heavy atom. The quantitative estimate of drug-likeness (QED) is 0.607. The first-order valence-electron chi connectivity index (χ1n) is 11.2. The molecule has 2 aliphatic heterocycles. The first kappa shape index (κ1) is 20.7. The molecule has 2 aromatic heterocycles. The molecule has 1 saturated heterocycles. The van der Waals surface area contributed by atoms with Crippen LogP contribution in [0.3, 0.4) is 0 Å². The van der Waals surface area contributed by atoms with E-state index in [-0.39, 0.29) is 11.5 Å². The third-order valence-corrected chi connectivity index (χ3v) is 7.07. The van der Waals surface area contributed by atoms with Gasteiger partial charge in [-0.25, -0.2) is 9.98 Å². The molecule has 1 saturated carbocycles. The Balaban J connectivity index is 1.50. The second-order valence-electron chi connectivity index (χ2n) is 9.07. The lowest BCUT2D eigenvalue weighted by molar-refractivity contribution is 0.0662. The molecule has 2 atom stereocenters. The molecule has 0 aromatic carbocycles. The number of aromatic nitrogens is 3. The van der Waals surface area contributed by atoms with Crippen LogP contribution >= 0.6 is 11.6 Å². The third kappa shape index (κ3) is 4.15. The molecule has 2 fully saturated rings. The van der Waals surface area contributed by atoms with Crippen LogP contribution in [-0.2, 0) is 14.9 Å². The largest absolute Gasteiger partial charge is 0.474 e. The number of halogens is 1. The van der Waals surface area contributed by atoms with Gasteiger partial charge in [-0.2, -0.15) is 5.10 Å². The summed E-state index contributed by atoms with van der Waals surface area (Å²) in [4.78, 5) is 9.46. The maximum absolute atomic E-state index is 6.26. The SMILES string of the molecule is CC1CC=C(C(C)(c2ccc(Cl)nc2)C2CC2)N=C(c2cnn(C3CCOCC3)c2)O1. The second-order valence-corrected chi connectivity index (χ2v) is 9.46. The summed E-state index contributed by atoms with van der Waals surface area (Å²) in [6, 6.07) is 4.33. The van der Waals surface area contributed by atoms with Gasteiger partial charge in [-0.3, -0.25) is 4.68 Å². The Bertz CT molecular complexity index is 989. The summed E-state index contributed by atoms with van der Waals surface area (Å²) in [5, 5.41) is 5.14. The molecular formula is C24H29ClN4O2. The van der Waals surface area contributed by atoms with Crippen LogP contribution in [-0.4, -0.2) is 40.0 Å². The van der Waals surface area contributed by atoms with Gasteiger partial charge in [0.2, 0.25) is 5.90 Å². The molecule has 0 radical (unpaired) electrons. The van der Waals surface area contributed by atoms with E-state index in [1.165, 1.54) is 12.8 Å². The highest BCUT2D eigenvalue weighted by molar-refractivity contribution is 6.29. The zero-order valence-electron chi connectivity index (χ0n) is 18.1. The molecular weight excluding hydrogens is 412 g/mol. The monoisotopic (exact) mass is 440 g/mol. The van der Waals surface area contributed by atoms with Crippen LogP contribution < -0.4 is 0 Å². The first-order valence-corrected chi connectivity index (χ1v) is 11.6. The van der Waals surface area contributed by atoms with Gasteiger partial charge in [0.1, 0.15) is 11.3 Å². The second kappa shape index (κ2) is 8.40. The minimum atomic E-state index is -0.215. The topological polar surface area (TPSA) is 61.5 Å². The molecule has 31 heavy (non-hydrogen) atoms. The van der Waals surface area contributed by atoms with E-state index in [4.69, 9.17) is 26.1 Å². The van der Waals surface area contributed by atoms with Gasteiger partial charge in [0.05, 0.1) is 23.5 Å². The molecule has 0 N–H and O–H groups in total. The zero-order valence-corrected chi connectivity index (χ0v) is 18.9. The lowest BCUT2D eigenvalue weighted by atomic mass is 9.75. The van der Waals surface area contributed by atoms with E-state index in [0.717, 1.165) is 49.3 Å². The van der Waals surface area contributed by atoms with Gasteiger partial charge in [0.15, 0.2) is 0 Å². The molecule has 7 heteroatoms. The van der Waals surface area contributed by atoms with Gasteiger partial charge >= 0.3 is 0 Å². The van der Waals surface area contributed by atoms with Gasteiger partial charge in [-0.15, -0.1) is 0 Å². The summed E-state index contributed by atoms with van der Waals surface area (Å²) in [6.07, 6.45) is 13.3. The summed E-state index contributed by atoms with van der Waals surface area (Å²) in [5.41, 5.74) is 2.92. The minimum Gasteiger partial charge on any atom is -0.474 e. The number of allylic oxidation sites excluding steroid dienone is 1.